The Morgan fingerprint density at radius 3 is 2.64 bits per heavy atom. The van der Waals surface area contributed by atoms with Crippen LogP contribution in [-0.4, -0.2) is 22.2 Å². The van der Waals surface area contributed by atoms with Gasteiger partial charge < -0.3 is 11.1 Å². The lowest BCUT2D eigenvalue weighted by atomic mass is 10.1. The molecule has 2 heterocycles. The Morgan fingerprint density at radius 2 is 2.04 bits per heavy atom. The molecule has 5 nitrogen and oxygen atoms in total. The van der Waals surface area contributed by atoms with Gasteiger partial charge in [0.25, 0.3) is 5.91 Å². The average molecular weight is 354 g/mol. The Morgan fingerprint density at radius 1 is 1.32 bits per heavy atom. The predicted octanol–water partition coefficient (Wildman–Crippen LogP) is 3.20. The van der Waals surface area contributed by atoms with Crippen molar-refractivity contribution in [3.8, 4) is 11.3 Å². The van der Waals surface area contributed by atoms with Crippen molar-refractivity contribution in [1.29, 1.82) is 0 Å². The lowest BCUT2D eigenvalue weighted by molar-refractivity contribution is 0.0942. The third kappa shape index (κ3) is 3.50. The van der Waals surface area contributed by atoms with Gasteiger partial charge in [-0.05, 0) is 31.0 Å². The third-order valence-electron chi connectivity index (χ3n) is 4.26. The SMILES string of the molecule is Cc1cnn(C)c1-c1cc(C(=O)NC(CN)c2ccccc2)sc1C. The summed E-state index contributed by atoms with van der Waals surface area (Å²) in [6, 6.07) is 11.5. The molecule has 25 heavy (non-hydrogen) atoms. The smallest absolute Gasteiger partial charge is 0.261 e. The van der Waals surface area contributed by atoms with E-state index in [0.717, 1.165) is 27.3 Å². The van der Waals surface area contributed by atoms with Crippen molar-refractivity contribution in [2.75, 3.05) is 6.54 Å². The maximum absolute atomic E-state index is 12.7. The van der Waals surface area contributed by atoms with E-state index < -0.39 is 0 Å². The standard InChI is InChI=1S/C19H22N4OS/c1-12-11-21-23(3)18(12)15-9-17(25-13(15)2)19(24)22-16(10-20)14-7-5-4-6-8-14/h4-9,11,16H,10,20H2,1-3H3,(H,22,24). The molecule has 3 rings (SSSR count). The van der Waals surface area contributed by atoms with E-state index in [0.29, 0.717) is 11.4 Å². The second-order valence-corrected chi connectivity index (χ2v) is 7.31. The fourth-order valence-corrected chi connectivity index (χ4v) is 3.88. The number of aromatic nitrogens is 2. The first-order chi connectivity index (χ1) is 12.0. The fourth-order valence-electron chi connectivity index (χ4n) is 2.96. The van der Waals surface area contributed by atoms with Crippen molar-refractivity contribution in [3.63, 3.8) is 0 Å². The number of carbonyl (C=O) groups is 1. The predicted molar refractivity (Wildman–Crippen MR) is 102 cm³/mol. The summed E-state index contributed by atoms with van der Waals surface area (Å²) >= 11 is 1.49. The molecule has 0 aliphatic carbocycles. The van der Waals surface area contributed by atoms with Gasteiger partial charge in [-0.3, -0.25) is 9.48 Å². The molecule has 3 N–H and O–H groups in total. The average Bonchev–Trinajstić information content (AvgIpc) is 3.15. The Bertz CT molecular complexity index is 863. The zero-order valence-electron chi connectivity index (χ0n) is 14.6. The number of hydrogen-bond donors (Lipinski definition) is 2. The van der Waals surface area contributed by atoms with E-state index in [1.807, 2.05) is 68.2 Å². The number of thiophene rings is 1. The first-order valence-electron chi connectivity index (χ1n) is 8.16. The minimum Gasteiger partial charge on any atom is -0.343 e. The molecule has 0 spiro atoms. The highest BCUT2D eigenvalue weighted by Crippen LogP contribution is 2.32. The van der Waals surface area contributed by atoms with E-state index in [9.17, 15) is 4.79 Å². The van der Waals surface area contributed by atoms with Crippen LogP contribution in [0, 0.1) is 13.8 Å². The van der Waals surface area contributed by atoms with Crippen LogP contribution in [0.2, 0.25) is 0 Å². The number of nitrogens with one attached hydrogen (secondary N) is 1. The molecule has 3 aromatic rings. The summed E-state index contributed by atoms with van der Waals surface area (Å²) in [7, 11) is 1.92. The van der Waals surface area contributed by atoms with Gasteiger partial charge in [-0.25, -0.2) is 0 Å². The van der Waals surface area contributed by atoms with Crippen LogP contribution in [0.4, 0.5) is 0 Å². The number of hydrogen-bond acceptors (Lipinski definition) is 4. The van der Waals surface area contributed by atoms with Crippen molar-refractivity contribution < 1.29 is 4.79 Å². The lowest BCUT2D eigenvalue weighted by Crippen LogP contribution is -2.32. The quantitative estimate of drug-likeness (QED) is 0.739. The minimum absolute atomic E-state index is 0.0986. The van der Waals surface area contributed by atoms with E-state index >= 15 is 0 Å². The molecule has 0 bridgehead atoms. The molecule has 0 aliphatic heterocycles. The monoisotopic (exact) mass is 354 g/mol. The van der Waals surface area contributed by atoms with Crippen molar-refractivity contribution >= 4 is 17.2 Å². The van der Waals surface area contributed by atoms with Crippen LogP contribution in [-0.2, 0) is 7.05 Å². The molecule has 0 aliphatic rings. The Kier molecular flexibility index (Phi) is 5.01. The van der Waals surface area contributed by atoms with E-state index in [4.69, 9.17) is 5.73 Å². The number of carbonyl (C=O) groups excluding carboxylic acids is 1. The summed E-state index contributed by atoms with van der Waals surface area (Å²) in [6.07, 6.45) is 1.84. The third-order valence-corrected chi connectivity index (χ3v) is 5.31. The topological polar surface area (TPSA) is 72.9 Å². The van der Waals surface area contributed by atoms with E-state index in [1.165, 1.54) is 11.3 Å². The van der Waals surface area contributed by atoms with Crippen LogP contribution in [0.15, 0.2) is 42.6 Å². The molecular formula is C19H22N4OS. The Hall–Kier alpha value is -2.44. The van der Waals surface area contributed by atoms with Gasteiger partial charge in [-0.1, -0.05) is 30.3 Å². The molecule has 1 aromatic carbocycles. The lowest BCUT2D eigenvalue weighted by Gasteiger charge is -2.16. The molecule has 0 radical (unpaired) electrons. The summed E-state index contributed by atoms with van der Waals surface area (Å²) in [5.41, 5.74) is 10.1. The Balaban J connectivity index is 1.85. The van der Waals surface area contributed by atoms with Crippen LogP contribution in [0.5, 0.6) is 0 Å². The molecule has 0 saturated heterocycles. The molecule has 130 valence electrons. The Labute approximate surface area is 151 Å². The summed E-state index contributed by atoms with van der Waals surface area (Å²) < 4.78 is 1.85. The summed E-state index contributed by atoms with van der Waals surface area (Å²) in [6.45, 7) is 4.41. The van der Waals surface area contributed by atoms with Crippen molar-refractivity contribution in [2.45, 2.75) is 19.9 Å². The van der Waals surface area contributed by atoms with E-state index in [2.05, 4.69) is 10.4 Å². The van der Waals surface area contributed by atoms with Gasteiger partial charge in [0.05, 0.1) is 22.8 Å². The van der Waals surface area contributed by atoms with Gasteiger partial charge in [0, 0.05) is 24.0 Å². The van der Waals surface area contributed by atoms with Gasteiger partial charge in [-0.2, -0.15) is 5.10 Å². The van der Waals surface area contributed by atoms with E-state index in [-0.39, 0.29) is 11.9 Å². The number of amides is 1. The fraction of sp³-hybridized carbons (Fsp3) is 0.263. The number of rotatable bonds is 5. The van der Waals surface area contributed by atoms with Gasteiger partial charge in [0.15, 0.2) is 0 Å². The van der Waals surface area contributed by atoms with Crippen LogP contribution in [0.3, 0.4) is 0 Å². The largest absolute Gasteiger partial charge is 0.343 e. The first-order valence-corrected chi connectivity index (χ1v) is 8.98. The second kappa shape index (κ2) is 7.21. The van der Waals surface area contributed by atoms with Crippen LogP contribution in [0.25, 0.3) is 11.3 Å². The molecule has 1 amide bonds. The molecule has 0 fully saturated rings. The highest BCUT2D eigenvalue weighted by molar-refractivity contribution is 7.14. The molecule has 1 unspecified atom stereocenters. The first kappa shape index (κ1) is 17.4. The summed E-state index contributed by atoms with van der Waals surface area (Å²) in [4.78, 5) is 14.5. The molecule has 2 aromatic heterocycles. The van der Waals surface area contributed by atoms with E-state index in [1.54, 1.807) is 0 Å². The van der Waals surface area contributed by atoms with Gasteiger partial charge in [0.1, 0.15) is 0 Å². The molecule has 1 atom stereocenters. The number of benzene rings is 1. The highest BCUT2D eigenvalue weighted by Gasteiger charge is 2.19. The van der Waals surface area contributed by atoms with Crippen molar-refractivity contribution in [3.05, 3.63) is 63.5 Å². The summed E-state index contributed by atoms with van der Waals surface area (Å²) in [5.74, 6) is -0.0986. The van der Waals surface area contributed by atoms with Crippen molar-refractivity contribution in [1.82, 2.24) is 15.1 Å². The highest BCUT2D eigenvalue weighted by atomic mass is 32.1. The normalized spacial score (nSPS) is 12.2. The number of aryl methyl sites for hydroxylation is 3. The number of nitrogens with two attached hydrogens (primary N) is 1. The molecule has 0 saturated carbocycles. The van der Waals surface area contributed by atoms with Gasteiger partial charge >= 0.3 is 0 Å². The van der Waals surface area contributed by atoms with Gasteiger partial charge in [-0.15, -0.1) is 11.3 Å². The van der Waals surface area contributed by atoms with Crippen LogP contribution >= 0.6 is 11.3 Å². The minimum atomic E-state index is -0.196. The molecular weight excluding hydrogens is 332 g/mol. The van der Waals surface area contributed by atoms with Crippen LogP contribution < -0.4 is 11.1 Å². The second-order valence-electron chi connectivity index (χ2n) is 6.05. The van der Waals surface area contributed by atoms with Crippen molar-refractivity contribution in [2.24, 2.45) is 12.8 Å². The van der Waals surface area contributed by atoms with Crippen LogP contribution in [0.1, 0.15) is 31.7 Å². The van der Waals surface area contributed by atoms with Gasteiger partial charge in [0.2, 0.25) is 0 Å². The molecule has 6 heteroatoms. The zero-order valence-corrected chi connectivity index (χ0v) is 15.4. The number of nitrogens with zero attached hydrogens (tertiary/aromatic N) is 2. The maximum Gasteiger partial charge on any atom is 0.261 e. The zero-order chi connectivity index (χ0) is 18.0. The maximum atomic E-state index is 12.7. The summed E-state index contributed by atoms with van der Waals surface area (Å²) in [5, 5.41) is 7.33.